The summed E-state index contributed by atoms with van der Waals surface area (Å²) in [4.78, 5) is 36.4. The van der Waals surface area contributed by atoms with Gasteiger partial charge in [-0.05, 0) is 33.6 Å². The molecule has 0 spiro atoms. The Kier molecular flexibility index (Phi) is 6.11. The third kappa shape index (κ3) is 5.09. The van der Waals surface area contributed by atoms with Crippen molar-refractivity contribution in [2.45, 2.75) is 65.5 Å². The molecule has 0 aromatic heterocycles. The van der Waals surface area contributed by atoms with Crippen LogP contribution in [0.3, 0.4) is 0 Å². The zero-order chi connectivity index (χ0) is 17.1. The molecule has 1 rings (SSSR count). The maximum absolute atomic E-state index is 12.3. The molecule has 1 N–H and O–H groups in total. The number of nitrogens with zero attached hydrogens (tertiary/aromatic N) is 1. The minimum absolute atomic E-state index is 0.0416. The van der Waals surface area contributed by atoms with Crippen LogP contribution in [0.25, 0.3) is 0 Å². The van der Waals surface area contributed by atoms with E-state index in [1.165, 1.54) is 5.01 Å². The van der Waals surface area contributed by atoms with Crippen molar-refractivity contribution in [1.29, 1.82) is 0 Å². The number of carbonyl (C=O) groups is 3. The van der Waals surface area contributed by atoms with Gasteiger partial charge in [-0.15, -0.1) is 0 Å². The second-order valence-electron chi connectivity index (χ2n) is 7.17. The summed E-state index contributed by atoms with van der Waals surface area (Å²) in [5.41, 5.74) is 2.38. The number of nitrogens with one attached hydrogen (secondary N) is 1. The Labute approximate surface area is 132 Å². The SMILES string of the molecule is CC(C)C(=O)C1C(=O)CCCC1NN(C)C(=O)OC(C)(C)C. The summed E-state index contributed by atoms with van der Waals surface area (Å²) >= 11 is 0. The topological polar surface area (TPSA) is 75.7 Å². The molecule has 0 aromatic rings. The van der Waals surface area contributed by atoms with Gasteiger partial charge in [0.1, 0.15) is 17.2 Å². The maximum Gasteiger partial charge on any atom is 0.424 e. The van der Waals surface area contributed by atoms with E-state index in [9.17, 15) is 14.4 Å². The molecule has 1 amide bonds. The van der Waals surface area contributed by atoms with Crippen LogP contribution in [0, 0.1) is 11.8 Å². The standard InChI is InChI=1S/C16H28N2O4/c1-10(2)14(20)13-11(8-7-9-12(13)19)17-18(6)15(21)22-16(3,4)5/h10-11,13,17H,7-9H2,1-6H3. The Morgan fingerprint density at radius 1 is 1.32 bits per heavy atom. The van der Waals surface area contributed by atoms with Gasteiger partial charge in [-0.2, -0.15) is 0 Å². The molecule has 0 bridgehead atoms. The van der Waals surface area contributed by atoms with Crippen molar-refractivity contribution >= 4 is 17.7 Å². The van der Waals surface area contributed by atoms with Gasteiger partial charge >= 0.3 is 6.09 Å². The van der Waals surface area contributed by atoms with E-state index < -0.39 is 17.6 Å². The molecule has 0 aliphatic heterocycles. The Morgan fingerprint density at radius 3 is 2.41 bits per heavy atom. The highest BCUT2D eigenvalue weighted by Crippen LogP contribution is 2.25. The largest absolute Gasteiger partial charge is 0.443 e. The van der Waals surface area contributed by atoms with E-state index in [2.05, 4.69) is 5.43 Å². The molecule has 0 aromatic carbocycles. The van der Waals surface area contributed by atoms with Gasteiger partial charge in [-0.25, -0.2) is 15.2 Å². The van der Waals surface area contributed by atoms with Gasteiger partial charge in [-0.1, -0.05) is 13.8 Å². The van der Waals surface area contributed by atoms with Crippen molar-refractivity contribution in [3.05, 3.63) is 0 Å². The van der Waals surface area contributed by atoms with Gasteiger partial charge < -0.3 is 4.74 Å². The zero-order valence-electron chi connectivity index (χ0n) is 14.4. The Bertz CT molecular complexity index is 440. The lowest BCUT2D eigenvalue weighted by Gasteiger charge is -2.34. The first-order valence-electron chi connectivity index (χ1n) is 7.82. The predicted octanol–water partition coefficient (Wildman–Crippen LogP) is 2.32. The number of rotatable bonds is 4. The van der Waals surface area contributed by atoms with Crippen molar-refractivity contribution in [3.63, 3.8) is 0 Å². The first-order valence-corrected chi connectivity index (χ1v) is 7.82. The van der Waals surface area contributed by atoms with E-state index >= 15 is 0 Å². The monoisotopic (exact) mass is 312 g/mol. The molecular weight excluding hydrogens is 284 g/mol. The van der Waals surface area contributed by atoms with Crippen LogP contribution in [-0.2, 0) is 14.3 Å². The molecule has 0 heterocycles. The van der Waals surface area contributed by atoms with Gasteiger partial charge in [0.25, 0.3) is 0 Å². The molecule has 126 valence electrons. The number of Topliss-reactive ketones (excluding diaryl/α,β-unsaturated/α-hetero) is 2. The fourth-order valence-electron chi connectivity index (χ4n) is 2.53. The van der Waals surface area contributed by atoms with Crippen LogP contribution in [-0.4, -0.2) is 41.4 Å². The van der Waals surface area contributed by atoms with E-state index in [-0.39, 0.29) is 23.5 Å². The van der Waals surface area contributed by atoms with Crippen molar-refractivity contribution in [1.82, 2.24) is 10.4 Å². The van der Waals surface area contributed by atoms with E-state index in [1.807, 2.05) is 0 Å². The summed E-state index contributed by atoms with van der Waals surface area (Å²) in [6, 6.07) is -0.353. The second-order valence-corrected chi connectivity index (χ2v) is 7.17. The lowest BCUT2D eigenvalue weighted by molar-refractivity contribution is -0.138. The average Bonchev–Trinajstić information content (AvgIpc) is 2.36. The third-order valence-corrected chi connectivity index (χ3v) is 3.59. The summed E-state index contributed by atoms with van der Waals surface area (Å²) in [6.45, 7) is 8.94. The Hall–Kier alpha value is -1.43. The average molecular weight is 312 g/mol. The van der Waals surface area contributed by atoms with Crippen LogP contribution >= 0.6 is 0 Å². The molecule has 6 nitrogen and oxygen atoms in total. The minimum Gasteiger partial charge on any atom is -0.443 e. The predicted molar refractivity (Wildman–Crippen MR) is 83.1 cm³/mol. The number of hydrogen-bond acceptors (Lipinski definition) is 5. The molecular formula is C16H28N2O4. The molecule has 22 heavy (non-hydrogen) atoms. The smallest absolute Gasteiger partial charge is 0.424 e. The molecule has 6 heteroatoms. The number of carbonyl (C=O) groups excluding carboxylic acids is 3. The van der Waals surface area contributed by atoms with Crippen molar-refractivity contribution in [3.8, 4) is 0 Å². The van der Waals surface area contributed by atoms with Gasteiger partial charge in [0.2, 0.25) is 0 Å². The summed E-state index contributed by atoms with van der Waals surface area (Å²) in [7, 11) is 1.55. The van der Waals surface area contributed by atoms with Gasteiger partial charge in [0.15, 0.2) is 0 Å². The molecule has 1 saturated carbocycles. The van der Waals surface area contributed by atoms with E-state index in [1.54, 1.807) is 41.7 Å². The Morgan fingerprint density at radius 2 is 1.91 bits per heavy atom. The fourth-order valence-corrected chi connectivity index (χ4v) is 2.53. The molecule has 2 unspecified atom stereocenters. The molecule has 0 saturated heterocycles. The first-order chi connectivity index (χ1) is 10.0. The van der Waals surface area contributed by atoms with Gasteiger partial charge in [0, 0.05) is 25.4 Å². The van der Waals surface area contributed by atoms with Gasteiger partial charge in [0.05, 0.1) is 5.92 Å². The van der Waals surface area contributed by atoms with Crippen LogP contribution in [0.5, 0.6) is 0 Å². The number of ketones is 2. The number of hydrogen-bond donors (Lipinski definition) is 1. The van der Waals surface area contributed by atoms with Crippen molar-refractivity contribution < 1.29 is 19.1 Å². The summed E-state index contributed by atoms with van der Waals surface area (Å²) < 4.78 is 5.27. The lowest BCUT2D eigenvalue weighted by Crippen LogP contribution is -2.55. The highest BCUT2D eigenvalue weighted by atomic mass is 16.6. The molecule has 1 aliphatic carbocycles. The third-order valence-electron chi connectivity index (χ3n) is 3.59. The zero-order valence-corrected chi connectivity index (χ0v) is 14.4. The normalized spacial score (nSPS) is 22.6. The first kappa shape index (κ1) is 18.6. The van der Waals surface area contributed by atoms with Crippen LogP contribution in [0.2, 0.25) is 0 Å². The van der Waals surface area contributed by atoms with Crippen molar-refractivity contribution in [2.24, 2.45) is 11.8 Å². The fraction of sp³-hybridized carbons (Fsp3) is 0.812. The van der Waals surface area contributed by atoms with Crippen LogP contribution in [0.1, 0.15) is 53.9 Å². The van der Waals surface area contributed by atoms with Crippen LogP contribution in [0.4, 0.5) is 4.79 Å². The van der Waals surface area contributed by atoms with Crippen molar-refractivity contribution in [2.75, 3.05) is 7.05 Å². The van der Waals surface area contributed by atoms with E-state index in [0.29, 0.717) is 12.8 Å². The second kappa shape index (κ2) is 7.22. The van der Waals surface area contributed by atoms with Gasteiger partial charge in [-0.3, -0.25) is 9.59 Å². The number of ether oxygens (including phenoxy) is 1. The molecule has 1 fully saturated rings. The summed E-state index contributed by atoms with van der Waals surface area (Å²) in [6.07, 6.45) is 1.31. The minimum atomic E-state index is -0.682. The quantitative estimate of drug-likeness (QED) is 0.637. The van der Waals surface area contributed by atoms with E-state index in [4.69, 9.17) is 4.74 Å². The van der Waals surface area contributed by atoms with Crippen LogP contribution in [0.15, 0.2) is 0 Å². The molecule has 1 aliphatic rings. The van der Waals surface area contributed by atoms with Crippen LogP contribution < -0.4 is 5.43 Å². The Balaban J connectivity index is 2.77. The maximum atomic E-state index is 12.3. The molecule has 2 atom stereocenters. The highest BCUT2D eigenvalue weighted by Gasteiger charge is 2.39. The van der Waals surface area contributed by atoms with E-state index in [0.717, 1.165) is 6.42 Å². The molecule has 0 radical (unpaired) electrons. The number of amides is 1. The summed E-state index contributed by atoms with van der Waals surface area (Å²) in [5.74, 6) is -0.998. The highest BCUT2D eigenvalue weighted by molar-refractivity contribution is 6.04. The lowest BCUT2D eigenvalue weighted by atomic mass is 9.78. The number of hydrazine groups is 1. The summed E-state index contributed by atoms with van der Waals surface area (Å²) in [5, 5.41) is 1.23.